The van der Waals surface area contributed by atoms with Crippen molar-refractivity contribution in [2.24, 2.45) is 0 Å². The summed E-state index contributed by atoms with van der Waals surface area (Å²) in [7, 11) is 0. The standard InChI is InChI=1S/C25H26F4N6O2/c1-17-15-18(4-5-20(17)26)21-16-22(32-24(31-21)35(11-13-36)12-14-37)33-7-9-34(10-8-33)23-19(25(27,28)29)3-2-6-30-23/h2-7,9,15-16,36-37H,8,10-14H2,1H3. The van der Waals surface area contributed by atoms with E-state index in [2.05, 4.69) is 15.0 Å². The van der Waals surface area contributed by atoms with Crippen LogP contribution in [0.5, 0.6) is 0 Å². The van der Waals surface area contributed by atoms with Crippen molar-refractivity contribution in [2.45, 2.75) is 13.1 Å². The van der Waals surface area contributed by atoms with Crippen molar-refractivity contribution in [2.75, 3.05) is 54.1 Å². The Kier molecular flexibility index (Phi) is 7.89. The predicted octanol–water partition coefficient (Wildman–Crippen LogP) is 3.59. The van der Waals surface area contributed by atoms with E-state index in [9.17, 15) is 27.8 Å². The van der Waals surface area contributed by atoms with Gasteiger partial charge in [0.05, 0.1) is 24.5 Å². The Balaban J connectivity index is 1.71. The molecule has 12 heteroatoms. The molecule has 3 heterocycles. The quantitative estimate of drug-likeness (QED) is 0.438. The Morgan fingerprint density at radius 3 is 2.30 bits per heavy atom. The number of aryl methyl sites for hydroxylation is 1. The second-order valence-electron chi connectivity index (χ2n) is 8.37. The minimum absolute atomic E-state index is 0.176. The van der Waals surface area contributed by atoms with Gasteiger partial charge in [0.15, 0.2) is 0 Å². The SMILES string of the molecule is Cc1cc(-c2cc(N3C=CN(c4ncccc4C(F)(F)F)CC3)nc(N(CCO)CCO)n2)ccc1F. The van der Waals surface area contributed by atoms with Crippen LogP contribution in [0.1, 0.15) is 11.1 Å². The number of aliphatic hydroxyl groups is 2. The molecule has 1 aromatic carbocycles. The highest BCUT2D eigenvalue weighted by Crippen LogP contribution is 2.36. The normalized spacial score (nSPS) is 13.8. The molecule has 37 heavy (non-hydrogen) atoms. The first-order valence-electron chi connectivity index (χ1n) is 11.6. The van der Waals surface area contributed by atoms with Crippen molar-refractivity contribution in [3.05, 3.63) is 71.9 Å². The molecule has 0 saturated carbocycles. The van der Waals surface area contributed by atoms with E-state index in [1.807, 2.05) is 0 Å². The summed E-state index contributed by atoms with van der Waals surface area (Å²) in [4.78, 5) is 17.9. The monoisotopic (exact) mass is 518 g/mol. The lowest BCUT2D eigenvalue weighted by molar-refractivity contribution is -0.137. The van der Waals surface area contributed by atoms with Crippen LogP contribution in [0.3, 0.4) is 0 Å². The van der Waals surface area contributed by atoms with Crippen molar-refractivity contribution >= 4 is 17.6 Å². The lowest BCUT2D eigenvalue weighted by atomic mass is 10.1. The number of aromatic nitrogens is 3. The van der Waals surface area contributed by atoms with E-state index < -0.39 is 11.7 Å². The number of hydrogen-bond donors (Lipinski definition) is 2. The number of pyridine rings is 1. The molecule has 0 amide bonds. The Hall–Kier alpha value is -3.77. The second kappa shape index (κ2) is 11.1. The first-order chi connectivity index (χ1) is 17.7. The molecule has 0 bridgehead atoms. The molecule has 2 aromatic heterocycles. The summed E-state index contributed by atoms with van der Waals surface area (Å²) in [5.74, 6) is 0.161. The number of hydrogen-bond acceptors (Lipinski definition) is 8. The molecule has 0 spiro atoms. The number of aliphatic hydroxyl groups excluding tert-OH is 2. The van der Waals surface area contributed by atoms with Crippen molar-refractivity contribution in [1.82, 2.24) is 15.0 Å². The summed E-state index contributed by atoms with van der Waals surface area (Å²) in [6.45, 7) is 2.11. The van der Waals surface area contributed by atoms with Gasteiger partial charge in [0, 0.05) is 56.4 Å². The average molecular weight is 519 g/mol. The summed E-state index contributed by atoms with van der Waals surface area (Å²) in [5.41, 5.74) is 0.743. The molecular formula is C25H26F4N6O2. The van der Waals surface area contributed by atoms with Gasteiger partial charge in [0.25, 0.3) is 0 Å². The van der Waals surface area contributed by atoms with Gasteiger partial charge in [-0.25, -0.2) is 14.4 Å². The van der Waals surface area contributed by atoms with Gasteiger partial charge >= 0.3 is 6.18 Å². The molecule has 0 aliphatic carbocycles. The number of nitrogens with zero attached hydrogens (tertiary/aromatic N) is 6. The summed E-state index contributed by atoms with van der Waals surface area (Å²) in [5, 5.41) is 19.0. The van der Waals surface area contributed by atoms with Gasteiger partial charge < -0.3 is 24.9 Å². The number of anilines is 3. The zero-order valence-corrected chi connectivity index (χ0v) is 20.0. The van der Waals surface area contributed by atoms with Crippen LogP contribution in [-0.2, 0) is 6.18 Å². The molecule has 4 rings (SSSR count). The molecule has 0 unspecified atom stereocenters. The maximum Gasteiger partial charge on any atom is 0.419 e. The summed E-state index contributed by atoms with van der Waals surface area (Å²) >= 11 is 0. The highest BCUT2D eigenvalue weighted by Gasteiger charge is 2.35. The highest BCUT2D eigenvalue weighted by molar-refractivity contribution is 5.67. The highest BCUT2D eigenvalue weighted by atomic mass is 19.4. The fourth-order valence-corrected chi connectivity index (χ4v) is 3.96. The molecule has 1 aliphatic rings. The van der Waals surface area contributed by atoms with Gasteiger partial charge in [-0.2, -0.15) is 18.2 Å². The predicted molar refractivity (Wildman–Crippen MR) is 132 cm³/mol. The maximum absolute atomic E-state index is 13.9. The first-order valence-corrected chi connectivity index (χ1v) is 11.6. The second-order valence-corrected chi connectivity index (χ2v) is 8.37. The van der Waals surface area contributed by atoms with Crippen molar-refractivity contribution in [3.8, 4) is 11.3 Å². The first kappa shape index (κ1) is 26.3. The van der Waals surface area contributed by atoms with Crippen LogP contribution in [0, 0.1) is 12.7 Å². The van der Waals surface area contributed by atoms with Gasteiger partial charge in [0.2, 0.25) is 5.95 Å². The molecule has 0 atom stereocenters. The van der Waals surface area contributed by atoms with Gasteiger partial charge in [0.1, 0.15) is 17.5 Å². The van der Waals surface area contributed by atoms with E-state index in [0.29, 0.717) is 29.2 Å². The van der Waals surface area contributed by atoms with Crippen LogP contribution in [0.2, 0.25) is 0 Å². The van der Waals surface area contributed by atoms with Crippen molar-refractivity contribution in [1.29, 1.82) is 0 Å². The third-order valence-corrected chi connectivity index (χ3v) is 5.84. The molecule has 0 fully saturated rings. The topological polar surface area (TPSA) is 88.9 Å². The summed E-state index contributed by atoms with van der Waals surface area (Å²) in [6, 6.07) is 8.53. The van der Waals surface area contributed by atoms with Gasteiger partial charge in [-0.05, 0) is 42.8 Å². The fraction of sp³-hybridized carbons (Fsp3) is 0.320. The van der Waals surface area contributed by atoms with Gasteiger partial charge in [-0.3, -0.25) is 0 Å². The van der Waals surface area contributed by atoms with Gasteiger partial charge in [-0.15, -0.1) is 0 Å². The molecule has 3 aromatic rings. The van der Waals surface area contributed by atoms with Crippen molar-refractivity contribution < 1.29 is 27.8 Å². The molecule has 1 aliphatic heterocycles. The zero-order chi connectivity index (χ0) is 26.6. The van der Waals surface area contributed by atoms with E-state index >= 15 is 0 Å². The molecule has 0 saturated heterocycles. The molecule has 8 nitrogen and oxygen atoms in total. The summed E-state index contributed by atoms with van der Waals surface area (Å²) < 4.78 is 54.3. The van der Waals surface area contributed by atoms with Crippen LogP contribution < -0.4 is 14.7 Å². The zero-order valence-electron chi connectivity index (χ0n) is 20.0. The van der Waals surface area contributed by atoms with Crippen molar-refractivity contribution in [3.63, 3.8) is 0 Å². The maximum atomic E-state index is 13.9. The third-order valence-electron chi connectivity index (χ3n) is 5.84. The molecule has 2 N–H and O–H groups in total. The molecule has 0 radical (unpaired) electrons. The number of rotatable bonds is 8. The van der Waals surface area contributed by atoms with E-state index in [0.717, 1.165) is 6.07 Å². The Labute approximate surface area is 211 Å². The van der Waals surface area contributed by atoms with Crippen LogP contribution >= 0.6 is 0 Å². The smallest absolute Gasteiger partial charge is 0.395 e. The number of alkyl halides is 3. The minimum Gasteiger partial charge on any atom is -0.395 e. The van der Waals surface area contributed by atoms with E-state index in [1.54, 1.807) is 41.1 Å². The van der Waals surface area contributed by atoms with Gasteiger partial charge in [-0.1, -0.05) is 0 Å². The lowest BCUT2D eigenvalue weighted by Gasteiger charge is -2.32. The number of benzene rings is 1. The average Bonchev–Trinajstić information content (AvgIpc) is 2.89. The molecule has 196 valence electrons. The fourth-order valence-electron chi connectivity index (χ4n) is 3.96. The summed E-state index contributed by atoms with van der Waals surface area (Å²) in [6.07, 6.45) is -0.118. The van der Waals surface area contributed by atoms with E-state index in [1.165, 1.54) is 29.4 Å². The van der Waals surface area contributed by atoms with E-state index in [4.69, 9.17) is 0 Å². The minimum atomic E-state index is -4.54. The lowest BCUT2D eigenvalue weighted by Crippen LogP contribution is -2.37. The molecular weight excluding hydrogens is 492 g/mol. The Bertz CT molecular complexity index is 1260. The van der Waals surface area contributed by atoms with Crippen LogP contribution in [0.4, 0.5) is 35.1 Å². The van der Waals surface area contributed by atoms with Crippen LogP contribution in [-0.4, -0.2) is 64.6 Å². The number of halogens is 4. The van der Waals surface area contributed by atoms with Crippen LogP contribution in [0.25, 0.3) is 11.3 Å². The largest absolute Gasteiger partial charge is 0.419 e. The van der Waals surface area contributed by atoms with Crippen LogP contribution in [0.15, 0.2) is 55.0 Å². The Morgan fingerprint density at radius 2 is 1.68 bits per heavy atom. The Morgan fingerprint density at radius 1 is 0.973 bits per heavy atom. The van der Waals surface area contributed by atoms with E-state index in [-0.39, 0.29) is 50.4 Å². The third kappa shape index (κ3) is 5.97.